The van der Waals surface area contributed by atoms with Crippen LogP contribution in [0.3, 0.4) is 0 Å². The Kier molecular flexibility index (Phi) is 4.91. The lowest BCUT2D eigenvalue weighted by Gasteiger charge is -2.10. The summed E-state index contributed by atoms with van der Waals surface area (Å²) in [6, 6.07) is 4.91. The first kappa shape index (κ1) is 12.3. The Bertz CT molecular complexity index is 319. The number of benzene rings is 1. The molecule has 0 saturated carbocycles. The average Bonchev–Trinajstić information content (AvgIpc) is 2.20. The molecule has 1 unspecified atom stereocenters. The lowest BCUT2D eigenvalue weighted by molar-refractivity contribution is 0.195. The third-order valence-electron chi connectivity index (χ3n) is 2.04. The monoisotopic (exact) mass is 229 g/mol. The molecule has 1 rings (SSSR count). The topological polar surface area (TPSA) is 35.2 Å². The van der Waals surface area contributed by atoms with Crippen LogP contribution < -0.4 is 5.73 Å². The van der Waals surface area contributed by atoms with E-state index in [1.54, 1.807) is 24.9 Å². The largest absolute Gasteiger partial charge is 0.396 e. The van der Waals surface area contributed by atoms with Crippen molar-refractivity contribution >= 4 is 17.4 Å². The van der Waals surface area contributed by atoms with Crippen molar-refractivity contribution in [2.75, 3.05) is 19.5 Å². The standard InChI is InChI=1S/C11H16FNOS/c1-8(5-6-14-2)15-9-3-4-11(13)10(12)7-9/h3-4,7-8H,5-6,13H2,1-2H3. The molecular weight excluding hydrogens is 213 g/mol. The number of hydrogen-bond donors (Lipinski definition) is 1. The summed E-state index contributed by atoms with van der Waals surface area (Å²) < 4.78 is 18.1. The second kappa shape index (κ2) is 5.98. The molecule has 15 heavy (non-hydrogen) atoms. The van der Waals surface area contributed by atoms with Crippen LogP contribution in [0.5, 0.6) is 0 Å². The van der Waals surface area contributed by atoms with Crippen LogP contribution in [0.2, 0.25) is 0 Å². The molecule has 0 amide bonds. The molecule has 2 N–H and O–H groups in total. The molecule has 4 heteroatoms. The highest BCUT2D eigenvalue weighted by atomic mass is 32.2. The van der Waals surface area contributed by atoms with E-state index in [0.29, 0.717) is 5.25 Å². The van der Waals surface area contributed by atoms with E-state index in [2.05, 4.69) is 6.92 Å². The molecule has 2 nitrogen and oxygen atoms in total. The van der Waals surface area contributed by atoms with Crippen molar-refractivity contribution in [3.8, 4) is 0 Å². The van der Waals surface area contributed by atoms with E-state index >= 15 is 0 Å². The van der Waals surface area contributed by atoms with Gasteiger partial charge >= 0.3 is 0 Å². The fraction of sp³-hybridized carbons (Fsp3) is 0.455. The molecule has 0 aliphatic carbocycles. The van der Waals surface area contributed by atoms with Gasteiger partial charge in [0.1, 0.15) is 5.82 Å². The minimum atomic E-state index is -0.348. The number of methoxy groups -OCH3 is 1. The summed E-state index contributed by atoms with van der Waals surface area (Å²) in [7, 11) is 1.68. The number of anilines is 1. The summed E-state index contributed by atoms with van der Waals surface area (Å²) in [5, 5.41) is 0.410. The average molecular weight is 229 g/mol. The van der Waals surface area contributed by atoms with Crippen molar-refractivity contribution < 1.29 is 9.13 Å². The third-order valence-corrected chi connectivity index (χ3v) is 3.20. The van der Waals surface area contributed by atoms with Gasteiger partial charge in [-0.2, -0.15) is 0 Å². The van der Waals surface area contributed by atoms with Crippen LogP contribution in [0.4, 0.5) is 10.1 Å². The van der Waals surface area contributed by atoms with Gasteiger partial charge in [-0.3, -0.25) is 0 Å². The first-order valence-corrected chi connectivity index (χ1v) is 5.72. The highest BCUT2D eigenvalue weighted by Crippen LogP contribution is 2.27. The van der Waals surface area contributed by atoms with Crippen molar-refractivity contribution in [2.45, 2.75) is 23.5 Å². The molecule has 1 aromatic rings. The minimum Gasteiger partial charge on any atom is -0.396 e. The van der Waals surface area contributed by atoms with E-state index in [1.807, 2.05) is 6.07 Å². The second-order valence-corrected chi connectivity index (χ2v) is 4.91. The van der Waals surface area contributed by atoms with E-state index in [-0.39, 0.29) is 11.5 Å². The zero-order valence-electron chi connectivity index (χ0n) is 9.00. The summed E-state index contributed by atoms with van der Waals surface area (Å²) in [6.45, 7) is 2.82. The molecule has 0 aliphatic rings. The third kappa shape index (κ3) is 4.10. The van der Waals surface area contributed by atoms with E-state index in [4.69, 9.17) is 10.5 Å². The molecule has 0 aromatic heterocycles. The van der Waals surface area contributed by atoms with Gasteiger partial charge in [-0.05, 0) is 24.6 Å². The van der Waals surface area contributed by atoms with Crippen molar-refractivity contribution in [2.24, 2.45) is 0 Å². The second-order valence-electron chi connectivity index (χ2n) is 3.39. The van der Waals surface area contributed by atoms with Crippen LogP contribution in [0.1, 0.15) is 13.3 Å². The molecular formula is C11H16FNOS. The first-order valence-electron chi connectivity index (χ1n) is 4.84. The molecule has 0 saturated heterocycles. The van der Waals surface area contributed by atoms with Gasteiger partial charge in [0.25, 0.3) is 0 Å². The van der Waals surface area contributed by atoms with E-state index in [1.165, 1.54) is 6.07 Å². The number of hydrogen-bond acceptors (Lipinski definition) is 3. The minimum absolute atomic E-state index is 0.198. The Morgan fingerprint density at radius 2 is 2.27 bits per heavy atom. The van der Waals surface area contributed by atoms with Crippen LogP contribution in [0.15, 0.2) is 23.1 Å². The van der Waals surface area contributed by atoms with Crippen LogP contribution in [-0.4, -0.2) is 19.0 Å². The first-order chi connectivity index (χ1) is 7.13. The zero-order chi connectivity index (χ0) is 11.3. The summed E-state index contributed by atoms with van der Waals surface area (Å²) in [6.07, 6.45) is 0.952. The number of ether oxygens (including phenoxy) is 1. The van der Waals surface area contributed by atoms with E-state index < -0.39 is 0 Å². The Morgan fingerprint density at radius 1 is 1.53 bits per heavy atom. The van der Waals surface area contributed by atoms with Gasteiger partial charge in [-0.1, -0.05) is 6.92 Å². The maximum absolute atomic E-state index is 13.1. The molecule has 0 bridgehead atoms. The predicted octanol–water partition coefficient (Wildman–Crippen LogP) is 2.93. The molecule has 84 valence electrons. The smallest absolute Gasteiger partial charge is 0.147 e. The van der Waals surface area contributed by atoms with Crippen LogP contribution in [0.25, 0.3) is 0 Å². The SMILES string of the molecule is COCCC(C)Sc1ccc(N)c(F)c1. The maximum atomic E-state index is 13.1. The molecule has 0 spiro atoms. The number of rotatable bonds is 5. The van der Waals surface area contributed by atoms with Gasteiger partial charge in [0.15, 0.2) is 0 Å². The van der Waals surface area contributed by atoms with Crippen LogP contribution in [0, 0.1) is 5.82 Å². The quantitative estimate of drug-likeness (QED) is 0.623. The Hall–Kier alpha value is -0.740. The lowest BCUT2D eigenvalue weighted by Crippen LogP contribution is -2.01. The van der Waals surface area contributed by atoms with Crippen molar-refractivity contribution in [3.63, 3.8) is 0 Å². The summed E-state index contributed by atoms with van der Waals surface area (Å²) >= 11 is 1.63. The Labute approximate surface area is 94.0 Å². The van der Waals surface area contributed by atoms with Crippen LogP contribution >= 0.6 is 11.8 Å². The normalized spacial score (nSPS) is 12.7. The zero-order valence-corrected chi connectivity index (χ0v) is 9.81. The van der Waals surface area contributed by atoms with Crippen molar-refractivity contribution in [1.82, 2.24) is 0 Å². The predicted molar refractivity (Wildman–Crippen MR) is 62.6 cm³/mol. The number of thioether (sulfide) groups is 1. The molecule has 0 aliphatic heterocycles. The molecule has 0 heterocycles. The maximum Gasteiger partial charge on any atom is 0.147 e. The summed E-state index contributed by atoms with van der Waals surface area (Å²) in [4.78, 5) is 0.908. The highest BCUT2D eigenvalue weighted by Gasteiger charge is 2.06. The Morgan fingerprint density at radius 3 is 2.87 bits per heavy atom. The van der Waals surface area contributed by atoms with E-state index in [0.717, 1.165) is 17.9 Å². The van der Waals surface area contributed by atoms with Gasteiger partial charge in [0.2, 0.25) is 0 Å². The van der Waals surface area contributed by atoms with Gasteiger partial charge in [-0.15, -0.1) is 11.8 Å². The van der Waals surface area contributed by atoms with Crippen molar-refractivity contribution in [1.29, 1.82) is 0 Å². The molecule has 1 atom stereocenters. The molecule has 0 fully saturated rings. The number of nitrogens with two attached hydrogens (primary N) is 1. The van der Waals surface area contributed by atoms with Crippen LogP contribution in [-0.2, 0) is 4.74 Å². The molecule has 0 radical (unpaired) electrons. The van der Waals surface area contributed by atoms with Gasteiger partial charge < -0.3 is 10.5 Å². The van der Waals surface area contributed by atoms with Gasteiger partial charge in [0.05, 0.1) is 5.69 Å². The summed E-state index contributed by atoms with van der Waals surface area (Å²) in [5.74, 6) is -0.348. The van der Waals surface area contributed by atoms with Gasteiger partial charge in [-0.25, -0.2) is 4.39 Å². The number of nitrogen functional groups attached to an aromatic ring is 1. The fourth-order valence-corrected chi connectivity index (χ4v) is 2.15. The lowest BCUT2D eigenvalue weighted by atomic mass is 10.3. The molecule has 1 aromatic carbocycles. The fourth-order valence-electron chi connectivity index (χ4n) is 1.16. The highest BCUT2D eigenvalue weighted by molar-refractivity contribution is 7.99. The number of halogens is 1. The van der Waals surface area contributed by atoms with E-state index in [9.17, 15) is 4.39 Å². The summed E-state index contributed by atoms with van der Waals surface area (Å²) in [5.41, 5.74) is 5.59. The Balaban J connectivity index is 2.53. The van der Waals surface area contributed by atoms with Gasteiger partial charge in [0, 0.05) is 23.9 Å². The van der Waals surface area contributed by atoms with Crippen molar-refractivity contribution in [3.05, 3.63) is 24.0 Å².